The lowest BCUT2D eigenvalue weighted by molar-refractivity contribution is 0.139. The summed E-state index contributed by atoms with van der Waals surface area (Å²) in [4.78, 5) is 11.9. The average Bonchev–Trinajstić information content (AvgIpc) is 2.83. The van der Waals surface area contributed by atoms with Gasteiger partial charge < -0.3 is 10.4 Å². The molecule has 1 aromatic heterocycles. The summed E-state index contributed by atoms with van der Waals surface area (Å²) in [6.45, 7) is 7.08. The van der Waals surface area contributed by atoms with Crippen LogP contribution >= 0.6 is 0 Å². The Kier molecular flexibility index (Phi) is 8.26. The normalized spacial score (nSPS) is 19.5. The Morgan fingerprint density at radius 1 is 1.14 bits per heavy atom. The van der Waals surface area contributed by atoms with E-state index in [9.17, 15) is 13.7 Å². The third-order valence-electron chi connectivity index (χ3n) is 6.49. The highest BCUT2D eigenvalue weighted by Gasteiger charge is 2.22. The lowest BCUT2D eigenvalue weighted by atomic mass is 10.0. The van der Waals surface area contributed by atoms with E-state index in [-0.39, 0.29) is 11.6 Å². The van der Waals surface area contributed by atoms with Gasteiger partial charge in [0.15, 0.2) is 0 Å². The van der Waals surface area contributed by atoms with Crippen LogP contribution < -0.4 is 5.32 Å². The second kappa shape index (κ2) is 11.4. The van der Waals surface area contributed by atoms with Crippen LogP contribution in [0.15, 0.2) is 53.6 Å². The minimum Gasteiger partial charge on any atom is -0.507 e. The van der Waals surface area contributed by atoms with Crippen molar-refractivity contribution in [2.24, 2.45) is 0 Å². The third-order valence-corrected chi connectivity index (χ3v) is 7.44. The molecule has 3 atom stereocenters. The van der Waals surface area contributed by atoms with Gasteiger partial charge in [-0.2, -0.15) is 0 Å². The lowest BCUT2D eigenvalue weighted by Gasteiger charge is -2.37. The number of aryl methyl sites for hydroxylation is 2. The number of rotatable bonds is 8. The number of aromatic nitrogens is 2. The van der Waals surface area contributed by atoms with E-state index in [4.69, 9.17) is 0 Å². The van der Waals surface area contributed by atoms with Crippen molar-refractivity contribution in [2.45, 2.75) is 56.6 Å². The van der Waals surface area contributed by atoms with Gasteiger partial charge >= 0.3 is 0 Å². The van der Waals surface area contributed by atoms with Gasteiger partial charge in [0.25, 0.3) is 0 Å². The molecule has 186 valence electrons. The Bertz CT molecular complexity index is 1210. The van der Waals surface area contributed by atoms with Crippen LogP contribution in [-0.2, 0) is 30.2 Å². The molecule has 0 aliphatic carbocycles. The Morgan fingerprint density at radius 3 is 2.74 bits per heavy atom. The van der Waals surface area contributed by atoms with Crippen molar-refractivity contribution in [3.63, 3.8) is 0 Å². The van der Waals surface area contributed by atoms with Crippen molar-refractivity contribution >= 4 is 10.8 Å². The molecule has 2 heterocycles. The number of nitrogens with zero attached hydrogens (tertiary/aromatic N) is 3. The number of piperazine rings is 1. The summed E-state index contributed by atoms with van der Waals surface area (Å²) < 4.78 is 26.6. The van der Waals surface area contributed by atoms with Crippen molar-refractivity contribution < 1.29 is 13.7 Å². The molecular weight excluding hydrogens is 463 g/mol. The molecule has 2 aromatic carbocycles. The fraction of sp³-hybridized carbons (Fsp3) is 0.407. The van der Waals surface area contributed by atoms with Crippen LogP contribution in [0, 0.1) is 5.82 Å². The monoisotopic (exact) mass is 496 g/mol. The first-order chi connectivity index (χ1) is 16.8. The second-order valence-electron chi connectivity index (χ2n) is 9.37. The smallest absolute Gasteiger partial charge is 0.132 e. The SMILES string of the molecule is C[C@H]1CN(Cc2ccc(F)c(-c3ccnc(CCCc4ccc(O)c(S(C)=O)c4)n3)c2)[C@@H](C)CN1. The first-order valence-electron chi connectivity index (χ1n) is 12.0. The van der Waals surface area contributed by atoms with Crippen LogP contribution in [0.5, 0.6) is 5.75 Å². The Hall–Kier alpha value is -2.68. The fourth-order valence-electron chi connectivity index (χ4n) is 4.48. The van der Waals surface area contributed by atoms with Gasteiger partial charge in [-0.05, 0) is 68.1 Å². The molecule has 0 radical (unpaired) electrons. The zero-order valence-corrected chi connectivity index (χ0v) is 21.3. The highest BCUT2D eigenvalue weighted by Crippen LogP contribution is 2.25. The summed E-state index contributed by atoms with van der Waals surface area (Å²) in [5.41, 5.74) is 3.15. The van der Waals surface area contributed by atoms with Crippen molar-refractivity contribution in [1.29, 1.82) is 0 Å². The Morgan fingerprint density at radius 2 is 1.94 bits per heavy atom. The summed E-state index contributed by atoms with van der Waals surface area (Å²) in [6, 6.07) is 13.1. The molecule has 0 bridgehead atoms. The van der Waals surface area contributed by atoms with E-state index in [0.717, 1.165) is 43.6 Å². The van der Waals surface area contributed by atoms with Crippen LogP contribution in [0.1, 0.15) is 37.2 Å². The summed E-state index contributed by atoms with van der Waals surface area (Å²) in [5, 5.41) is 13.4. The molecule has 0 amide bonds. The van der Waals surface area contributed by atoms with Crippen molar-refractivity contribution in [3.8, 4) is 17.0 Å². The maximum absolute atomic E-state index is 14.8. The van der Waals surface area contributed by atoms with Crippen LogP contribution in [0.2, 0.25) is 0 Å². The molecule has 35 heavy (non-hydrogen) atoms. The molecule has 1 unspecified atom stereocenters. The van der Waals surface area contributed by atoms with Crippen molar-refractivity contribution in [1.82, 2.24) is 20.2 Å². The number of aromatic hydroxyl groups is 1. The number of phenolic OH excluding ortho intramolecular Hbond substituents is 1. The zero-order valence-electron chi connectivity index (χ0n) is 20.5. The molecule has 3 aromatic rings. The number of phenols is 1. The van der Waals surface area contributed by atoms with Gasteiger partial charge in [0.2, 0.25) is 0 Å². The molecule has 1 saturated heterocycles. The maximum atomic E-state index is 14.8. The Labute approximate surface area is 209 Å². The van der Waals surface area contributed by atoms with Gasteiger partial charge in [0.1, 0.15) is 17.4 Å². The standard InChI is InChI=1S/C27H33FN4O2S/c1-18-16-32(19(2)15-30-18)17-21-7-9-23(28)22(13-21)24-11-12-29-27(31-24)6-4-5-20-8-10-25(33)26(14-20)35(3)34/h7-14,18-19,30,33H,4-6,15-17H2,1-3H3/t18-,19-,35?/m0/s1. The molecule has 6 nitrogen and oxygen atoms in total. The minimum atomic E-state index is -1.24. The van der Waals surface area contributed by atoms with Crippen molar-refractivity contribution in [3.05, 3.63) is 71.4 Å². The maximum Gasteiger partial charge on any atom is 0.132 e. The van der Waals surface area contributed by atoms with E-state index in [0.29, 0.717) is 40.5 Å². The van der Waals surface area contributed by atoms with E-state index in [1.165, 1.54) is 6.07 Å². The van der Waals surface area contributed by atoms with Gasteiger partial charge in [-0.1, -0.05) is 12.1 Å². The molecule has 1 aliphatic heterocycles. The van der Waals surface area contributed by atoms with Gasteiger partial charge in [-0.15, -0.1) is 0 Å². The Balaban J connectivity index is 1.44. The highest BCUT2D eigenvalue weighted by molar-refractivity contribution is 7.84. The number of hydrogen-bond acceptors (Lipinski definition) is 6. The predicted octanol–water partition coefficient (Wildman–Crippen LogP) is 4.08. The van der Waals surface area contributed by atoms with E-state index in [2.05, 4.69) is 34.0 Å². The summed E-state index contributed by atoms with van der Waals surface area (Å²) in [6.07, 6.45) is 5.39. The molecule has 1 fully saturated rings. The van der Waals surface area contributed by atoms with Crippen LogP contribution in [0.4, 0.5) is 4.39 Å². The largest absolute Gasteiger partial charge is 0.507 e. The van der Waals surface area contributed by atoms with Crippen LogP contribution in [0.25, 0.3) is 11.3 Å². The van der Waals surface area contributed by atoms with Crippen molar-refractivity contribution in [2.75, 3.05) is 19.3 Å². The second-order valence-corrected chi connectivity index (χ2v) is 10.7. The third kappa shape index (κ3) is 6.51. The molecule has 1 aliphatic rings. The number of benzene rings is 2. The topological polar surface area (TPSA) is 78.3 Å². The molecule has 4 rings (SSSR count). The zero-order chi connectivity index (χ0) is 24.9. The molecule has 2 N–H and O–H groups in total. The van der Waals surface area contributed by atoms with Gasteiger partial charge in [-0.25, -0.2) is 14.4 Å². The van der Waals surface area contributed by atoms with Gasteiger partial charge in [-0.3, -0.25) is 9.11 Å². The van der Waals surface area contributed by atoms with Gasteiger partial charge in [0, 0.05) is 56.2 Å². The van der Waals surface area contributed by atoms with E-state index in [1.807, 2.05) is 18.2 Å². The van der Waals surface area contributed by atoms with E-state index >= 15 is 0 Å². The summed E-state index contributed by atoms with van der Waals surface area (Å²) in [7, 11) is -1.24. The van der Waals surface area contributed by atoms with E-state index in [1.54, 1.807) is 30.7 Å². The lowest BCUT2D eigenvalue weighted by Crippen LogP contribution is -2.53. The molecule has 8 heteroatoms. The van der Waals surface area contributed by atoms with Crippen LogP contribution in [-0.4, -0.2) is 55.6 Å². The minimum absolute atomic E-state index is 0.0517. The van der Waals surface area contributed by atoms with Crippen LogP contribution in [0.3, 0.4) is 0 Å². The summed E-state index contributed by atoms with van der Waals surface area (Å²) in [5.74, 6) is 0.426. The van der Waals surface area contributed by atoms with E-state index < -0.39 is 10.8 Å². The quantitative estimate of drug-likeness (QED) is 0.489. The molecule has 0 spiro atoms. The number of halogens is 1. The fourth-order valence-corrected chi connectivity index (χ4v) is 5.16. The summed E-state index contributed by atoms with van der Waals surface area (Å²) >= 11 is 0. The number of hydrogen-bond donors (Lipinski definition) is 2. The molecule has 0 saturated carbocycles. The molecular formula is C27H33FN4O2S. The highest BCUT2D eigenvalue weighted by atomic mass is 32.2. The average molecular weight is 497 g/mol. The number of nitrogens with one attached hydrogen (secondary N) is 1. The predicted molar refractivity (Wildman–Crippen MR) is 137 cm³/mol. The first-order valence-corrected chi connectivity index (χ1v) is 13.6. The van der Waals surface area contributed by atoms with Gasteiger partial charge in [0.05, 0.1) is 21.4 Å². The first kappa shape index (κ1) is 25.4.